The Morgan fingerprint density at radius 1 is 0.947 bits per heavy atom. The highest BCUT2D eigenvalue weighted by Crippen LogP contribution is 2.49. The van der Waals surface area contributed by atoms with Gasteiger partial charge < -0.3 is 0 Å². The molecule has 0 aromatic carbocycles. The van der Waals surface area contributed by atoms with Crippen LogP contribution in [0.5, 0.6) is 0 Å². The lowest BCUT2D eigenvalue weighted by Gasteiger charge is -2.48. The molecule has 19 heavy (non-hydrogen) atoms. The summed E-state index contributed by atoms with van der Waals surface area (Å²) in [6, 6.07) is 0. The number of hydrogen-bond donors (Lipinski definition) is 0. The Labute approximate surface area is 122 Å². The van der Waals surface area contributed by atoms with E-state index < -0.39 is 0 Å². The Morgan fingerprint density at radius 2 is 1.53 bits per heavy atom. The van der Waals surface area contributed by atoms with E-state index in [0.717, 1.165) is 41.4 Å². The van der Waals surface area contributed by atoms with Gasteiger partial charge in [-0.05, 0) is 54.3 Å². The van der Waals surface area contributed by atoms with E-state index in [0.29, 0.717) is 0 Å². The molecule has 0 saturated heterocycles. The molecular formula is C19H38. The summed E-state index contributed by atoms with van der Waals surface area (Å²) in [5.74, 6) is 6.58. The van der Waals surface area contributed by atoms with Crippen LogP contribution in [-0.2, 0) is 0 Å². The Bertz CT molecular complexity index is 232. The van der Waals surface area contributed by atoms with Crippen LogP contribution in [0.3, 0.4) is 0 Å². The molecule has 0 aromatic heterocycles. The van der Waals surface area contributed by atoms with Crippen molar-refractivity contribution in [3.05, 3.63) is 0 Å². The van der Waals surface area contributed by atoms with Crippen LogP contribution in [0.15, 0.2) is 0 Å². The second-order valence-electron chi connectivity index (χ2n) is 7.89. The van der Waals surface area contributed by atoms with E-state index in [1.807, 2.05) is 0 Å². The van der Waals surface area contributed by atoms with E-state index >= 15 is 0 Å². The minimum atomic E-state index is 0.843. The molecule has 0 nitrogen and oxygen atoms in total. The SMILES string of the molecule is CCCC(C)C(C1CC(C)C1)C(C(C)C)C(C)CC. The molecule has 114 valence electrons. The average molecular weight is 267 g/mol. The van der Waals surface area contributed by atoms with E-state index in [4.69, 9.17) is 0 Å². The highest BCUT2D eigenvalue weighted by Gasteiger charge is 2.41. The average Bonchev–Trinajstić information content (AvgIpc) is 2.31. The summed E-state index contributed by atoms with van der Waals surface area (Å²) in [5, 5.41) is 0. The zero-order chi connectivity index (χ0) is 14.6. The van der Waals surface area contributed by atoms with Gasteiger partial charge in [0, 0.05) is 0 Å². The molecule has 0 heterocycles. The molecule has 0 amide bonds. The molecular weight excluding hydrogens is 228 g/mol. The van der Waals surface area contributed by atoms with Crippen molar-refractivity contribution in [3.8, 4) is 0 Å². The molecule has 0 N–H and O–H groups in total. The summed E-state index contributed by atoms with van der Waals surface area (Å²) in [6.07, 6.45) is 7.12. The third-order valence-corrected chi connectivity index (χ3v) is 5.87. The van der Waals surface area contributed by atoms with Gasteiger partial charge in [0.15, 0.2) is 0 Å². The standard InChI is InChI=1S/C19H38/c1-8-10-16(7)19(17-11-14(5)12-17)18(13(3)4)15(6)9-2/h13-19H,8-12H2,1-7H3. The predicted molar refractivity (Wildman–Crippen MR) is 87.2 cm³/mol. The lowest BCUT2D eigenvalue weighted by Crippen LogP contribution is -2.41. The molecule has 0 spiro atoms. The van der Waals surface area contributed by atoms with Gasteiger partial charge in [-0.3, -0.25) is 0 Å². The van der Waals surface area contributed by atoms with E-state index in [9.17, 15) is 0 Å². The van der Waals surface area contributed by atoms with Crippen molar-refractivity contribution < 1.29 is 0 Å². The third kappa shape index (κ3) is 4.23. The number of rotatable bonds is 8. The molecule has 0 aromatic rings. The van der Waals surface area contributed by atoms with Crippen LogP contribution in [0.4, 0.5) is 0 Å². The van der Waals surface area contributed by atoms with E-state index in [-0.39, 0.29) is 0 Å². The Kier molecular flexibility index (Phi) is 6.91. The minimum Gasteiger partial charge on any atom is -0.0654 e. The summed E-state index contributed by atoms with van der Waals surface area (Å²) >= 11 is 0. The maximum absolute atomic E-state index is 2.54. The zero-order valence-electron chi connectivity index (χ0n) is 14.6. The van der Waals surface area contributed by atoms with Crippen molar-refractivity contribution in [1.82, 2.24) is 0 Å². The van der Waals surface area contributed by atoms with E-state index in [1.165, 1.54) is 32.1 Å². The predicted octanol–water partition coefficient (Wildman–Crippen LogP) is 6.40. The summed E-state index contributed by atoms with van der Waals surface area (Å²) in [7, 11) is 0. The normalized spacial score (nSPS) is 29.7. The van der Waals surface area contributed by atoms with Crippen molar-refractivity contribution in [1.29, 1.82) is 0 Å². The second kappa shape index (κ2) is 7.70. The summed E-state index contributed by atoms with van der Waals surface area (Å²) < 4.78 is 0. The van der Waals surface area contributed by atoms with Gasteiger partial charge in [0.05, 0.1) is 0 Å². The Balaban J connectivity index is 2.85. The van der Waals surface area contributed by atoms with Gasteiger partial charge in [0.2, 0.25) is 0 Å². The van der Waals surface area contributed by atoms with Crippen molar-refractivity contribution in [2.24, 2.45) is 41.4 Å². The maximum atomic E-state index is 2.54. The molecule has 4 atom stereocenters. The van der Waals surface area contributed by atoms with Crippen LogP contribution in [-0.4, -0.2) is 0 Å². The van der Waals surface area contributed by atoms with Crippen LogP contribution < -0.4 is 0 Å². The van der Waals surface area contributed by atoms with Crippen LogP contribution in [0.2, 0.25) is 0 Å². The molecule has 0 aliphatic heterocycles. The molecule has 0 bridgehead atoms. The van der Waals surface area contributed by atoms with Crippen LogP contribution in [0.1, 0.15) is 80.6 Å². The minimum absolute atomic E-state index is 0.843. The highest BCUT2D eigenvalue weighted by molar-refractivity contribution is 4.90. The van der Waals surface area contributed by atoms with Crippen LogP contribution in [0.25, 0.3) is 0 Å². The molecule has 1 aliphatic carbocycles. The monoisotopic (exact) mass is 266 g/mol. The van der Waals surface area contributed by atoms with Crippen molar-refractivity contribution in [3.63, 3.8) is 0 Å². The van der Waals surface area contributed by atoms with Crippen LogP contribution >= 0.6 is 0 Å². The van der Waals surface area contributed by atoms with Crippen molar-refractivity contribution >= 4 is 0 Å². The quantitative estimate of drug-likeness (QED) is 0.476. The molecule has 1 aliphatic rings. The first kappa shape index (κ1) is 17.1. The first-order valence-electron chi connectivity index (χ1n) is 8.92. The fourth-order valence-corrected chi connectivity index (χ4v) is 4.84. The zero-order valence-corrected chi connectivity index (χ0v) is 14.6. The first-order chi connectivity index (χ1) is 8.92. The number of hydrogen-bond acceptors (Lipinski definition) is 0. The van der Waals surface area contributed by atoms with Gasteiger partial charge in [-0.25, -0.2) is 0 Å². The highest BCUT2D eigenvalue weighted by atomic mass is 14.5. The van der Waals surface area contributed by atoms with Crippen molar-refractivity contribution in [2.45, 2.75) is 80.6 Å². The first-order valence-corrected chi connectivity index (χ1v) is 8.92. The topological polar surface area (TPSA) is 0 Å². The second-order valence-corrected chi connectivity index (χ2v) is 7.89. The van der Waals surface area contributed by atoms with E-state index in [2.05, 4.69) is 48.5 Å². The molecule has 0 heteroatoms. The lowest BCUT2D eigenvalue weighted by atomic mass is 9.57. The maximum Gasteiger partial charge on any atom is -0.0326 e. The lowest BCUT2D eigenvalue weighted by molar-refractivity contribution is 0.00938. The third-order valence-electron chi connectivity index (χ3n) is 5.87. The fourth-order valence-electron chi connectivity index (χ4n) is 4.84. The Hall–Kier alpha value is 0. The van der Waals surface area contributed by atoms with E-state index in [1.54, 1.807) is 0 Å². The fraction of sp³-hybridized carbons (Fsp3) is 1.00. The molecule has 4 unspecified atom stereocenters. The van der Waals surface area contributed by atoms with Gasteiger partial charge in [-0.15, -0.1) is 0 Å². The smallest absolute Gasteiger partial charge is 0.0326 e. The molecule has 0 radical (unpaired) electrons. The van der Waals surface area contributed by atoms with Gasteiger partial charge in [0.25, 0.3) is 0 Å². The summed E-state index contributed by atoms with van der Waals surface area (Å²) in [4.78, 5) is 0. The van der Waals surface area contributed by atoms with Gasteiger partial charge >= 0.3 is 0 Å². The van der Waals surface area contributed by atoms with Gasteiger partial charge in [-0.2, -0.15) is 0 Å². The molecule has 1 saturated carbocycles. The van der Waals surface area contributed by atoms with Crippen molar-refractivity contribution in [2.75, 3.05) is 0 Å². The molecule has 1 fully saturated rings. The van der Waals surface area contributed by atoms with Gasteiger partial charge in [-0.1, -0.05) is 67.7 Å². The molecule has 1 rings (SSSR count). The summed E-state index contributed by atoms with van der Waals surface area (Å²) in [5.41, 5.74) is 0. The van der Waals surface area contributed by atoms with Crippen LogP contribution in [0, 0.1) is 41.4 Å². The Morgan fingerprint density at radius 3 is 1.89 bits per heavy atom. The summed E-state index contributed by atoms with van der Waals surface area (Å²) in [6.45, 7) is 17.1. The largest absolute Gasteiger partial charge is 0.0654 e. The van der Waals surface area contributed by atoms with Gasteiger partial charge in [0.1, 0.15) is 0 Å².